The summed E-state index contributed by atoms with van der Waals surface area (Å²) in [4.78, 5) is 15.4. The molecule has 2 rings (SSSR count). The molecule has 0 unspecified atom stereocenters. The van der Waals surface area contributed by atoms with E-state index in [1.54, 1.807) is 12.4 Å². The summed E-state index contributed by atoms with van der Waals surface area (Å²) in [6, 6.07) is 11.6. The van der Waals surface area contributed by atoms with Crippen molar-refractivity contribution < 1.29 is 9.53 Å². The van der Waals surface area contributed by atoms with Gasteiger partial charge in [0.15, 0.2) is 0 Å². The van der Waals surface area contributed by atoms with Crippen LogP contribution in [0.15, 0.2) is 48.8 Å². The van der Waals surface area contributed by atoms with Crippen LogP contribution in [0.4, 0.5) is 0 Å². The number of carbonyl (C=O) groups is 1. The van der Waals surface area contributed by atoms with E-state index >= 15 is 0 Å². The zero-order valence-electron chi connectivity index (χ0n) is 12.4. The van der Waals surface area contributed by atoms with Gasteiger partial charge in [-0.25, -0.2) is 0 Å². The molecule has 4 heteroatoms. The Labute approximate surface area is 125 Å². The van der Waals surface area contributed by atoms with Crippen molar-refractivity contribution in [3.63, 3.8) is 0 Å². The summed E-state index contributed by atoms with van der Waals surface area (Å²) in [6.45, 7) is 4.31. The normalized spacial score (nSPS) is 11.7. The fraction of sp³-hybridized carbons (Fsp3) is 0.294. The SMILES string of the molecule is CCC(=O)N[C@H](C)c1ccc(OCc2cccnc2)cc1. The Kier molecular flexibility index (Phi) is 5.32. The third-order valence-electron chi connectivity index (χ3n) is 3.21. The van der Waals surface area contributed by atoms with Crippen LogP contribution in [0.2, 0.25) is 0 Å². The topological polar surface area (TPSA) is 51.2 Å². The first-order valence-corrected chi connectivity index (χ1v) is 7.10. The average Bonchev–Trinajstić information content (AvgIpc) is 2.54. The Hall–Kier alpha value is -2.36. The molecule has 0 fully saturated rings. The summed E-state index contributed by atoms with van der Waals surface area (Å²) in [5.41, 5.74) is 2.09. The zero-order valence-corrected chi connectivity index (χ0v) is 12.4. The fourth-order valence-corrected chi connectivity index (χ4v) is 1.93. The molecule has 1 amide bonds. The quantitative estimate of drug-likeness (QED) is 0.886. The first-order chi connectivity index (χ1) is 10.2. The van der Waals surface area contributed by atoms with Gasteiger partial charge >= 0.3 is 0 Å². The number of ether oxygens (including phenoxy) is 1. The molecule has 1 N–H and O–H groups in total. The van der Waals surface area contributed by atoms with Gasteiger partial charge in [-0.2, -0.15) is 0 Å². The van der Waals surface area contributed by atoms with Gasteiger partial charge in [0.25, 0.3) is 0 Å². The minimum Gasteiger partial charge on any atom is -0.489 e. The number of carbonyl (C=O) groups excluding carboxylic acids is 1. The molecule has 4 nitrogen and oxygen atoms in total. The van der Waals surface area contributed by atoms with Gasteiger partial charge < -0.3 is 10.1 Å². The van der Waals surface area contributed by atoms with E-state index in [4.69, 9.17) is 4.74 Å². The maximum atomic E-state index is 11.4. The Balaban J connectivity index is 1.91. The molecule has 0 saturated heterocycles. The minimum atomic E-state index is 0.00447. The average molecular weight is 284 g/mol. The molecule has 0 saturated carbocycles. The smallest absolute Gasteiger partial charge is 0.220 e. The van der Waals surface area contributed by atoms with Crippen molar-refractivity contribution in [3.05, 3.63) is 59.9 Å². The van der Waals surface area contributed by atoms with E-state index in [1.807, 2.05) is 50.2 Å². The van der Waals surface area contributed by atoms with Crippen molar-refractivity contribution in [3.8, 4) is 5.75 Å². The monoisotopic (exact) mass is 284 g/mol. The summed E-state index contributed by atoms with van der Waals surface area (Å²) in [7, 11) is 0. The molecule has 1 aromatic heterocycles. The first-order valence-electron chi connectivity index (χ1n) is 7.10. The predicted octanol–water partition coefficient (Wildman–Crippen LogP) is 3.25. The van der Waals surface area contributed by atoms with E-state index in [0.29, 0.717) is 13.0 Å². The van der Waals surface area contributed by atoms with E-state index < -0.39 is 0 Å². The van der Waals surface area contributed by atoms with Gasteiger partial charge in [-0.05, 0) is 30.7 Å². The second kappa shape index (κ2) is 7.43. The van der Waals surface area contributed by atoms with Gasteiger partial charge in [-0.3, -0.25) is 9.78 Å². The van der Waals surface area contributed by atoms with Crippen molar-refractivity contribution in [2.45, 2.75) is 32.9 Å². The number of nitrogens with one attached hydrogen (secondary N) is 1. The van der Waals surface area contributed by atoms with E-state index in [2.05, 4.69) is 10.3 Å². The molecule has 2 aromatic rings. The molecule has 0 radical (unpaired) electrons. The summed E-state index contributed by atoms with van der Waals surface area (Å²) in [6.07, 6.45) is 4.03. The van der Waals surface area contributed by atoms with E-state index in [-0.39, 0.29) is 11.9 Å². The van der Waals surface area contributed by atoms with Crippen LogP contribution in [0.3, 0.4) is 0 Å². The number of amides is 1. The highest BCUT2D eigenvalue weighted by Gasteiger charge is 2.08. The van der Waals surface area contributed by atoms with Gasteiger partial charge in [-0.1, -0.05) is 25.1 Å². The predicted molar refractivity (Wildman–Crippen MR) is 81.9 cm³/mol. The third kappa shape index (κ3) is 4.60. The molecule has 0 aliphatic heterocycles. The summed E-state index contributed by atoms with van der Waals surface area (Å²) < 4.78 is 5.70. The van der Waals surface area contributed by atoms with Crippen LogP contribution in [-0.4, -0.2) is 10.9 Å². The van der Waals surface area contributed by atoms with Crippen molar-refractivity contribution in [2.75, 3.05) is 0 Å². The second-order valence-corrected chi connectivity index (χ2v) is 4.86. The number of hydrogen-bond acceptors (Lipinski definition) is 3. The third-order valence-corrected chi connectivity index (χ3v) is 3.21. The Morgan fingerprint density at radius 2 is 2.05 bits per heavy atom. The highest BCUT2D eigenvalue weighted by Crippen LogP contribution is 2.18. The highest BCUT2D eigenvalue weighted by atomic mass is 16.5. The lowest BCUT2D eigenvalue weighted by atomic mass is 10.1. The van der Waals surface area contributed by atoms with Crippen LogP contribution in [0.1, 0.15) is 37.4 Å². The summed E-state index contributed by atoms with van der Waals surface area (Å²) >= 11 is 0. The molecule has 0 aliphatic carbocycles. The number of rotatable bonds is 6. The lowest BCUT2D eigenvalue weighted by Crippen LogP contribution is -2.25. The van der Waals surface area contributed by atoms with Gasteiger partial charge in [0.1, 0.15) is 12.4 Å². The van der Waals surface area contributed by atoms with Crippen molar-refractivity contribution in [1.29, 1.82) is 0 Å². The molecule has 0 spiro atoms. The maximum absolute atomic E-state index is 11.4. The van der Waals surface area contributed by atoms with Crippen molar-refractivity contribution >= 4 is 5.91 Å². The van der Waals surface area contributed by atoms with E-state index in [9.17, 15) is 4.79 Å². The maximum Gasteiger partial charge on any atom is 0.220 e. The molecule has 110 valence electrons. The van der Waals surface area contributed by atoms with Crippen molar-refractivity contribution in [1.82, 2.24) is 10.3 Å². The van der Waals surface area contributed by atoms with Gasteiger partial charge in [0.2, 0.25) is 5.91 Å². The standard InChI is InChI=1S/C17H20N2O2/c1-3-17(20)19-13(2)15-6-8-16(9-7-15)21-12-14-5-4-10-18-11-14/h4-11,13H,3,12H2,1-2H3,(H,19,20)/t13-/m1/s1. The number of nitrogens with zero attached hydrogens (tertiary/aromatic N) is 1. The highest BCUT2D eigenvalue weighted by molar-refractivity contribution is 5.75. The van der Waals surface area contributed by atoms with Gasteiger partial charge in [0.05, 0.1) is 6.04 Å². The Bertz CT molecular complexity index is 567. The van der Waals surface area contributed by atoms with Crippen LogP contribution in [0, 0.1) is 0 Å². The molecular formula is C17H20N2O2. The Morgan fingerprint density at radius 3 is 2.67 bits per heavy atom. The summed E-state index contributed by atoms with van der Waals surface area (Å²) in [5.74, 6) is 0.857. The molecule has 1 atom stereocenters. The van der Waals surface area contributed by atoms with Crippen LogP contribution in [0.25, 0.3) is 0 Å². The fourth-order valence-electron chi connectivity index (χ4n) is 1.93. The number of hydrogen-bond donors (Lipinski definition) is 1. The molecular weight excluding hydrogens is 264 g/mol. The Morgan fingerprint density at radius 1 is 1.29 bits per heavy atom. The largest absolute Gasteiger partial charge is 0.489 e. The number of aromatic nitrogens is 1. The van der Waals surface area contributed by atoms with Gasteiger partial charge in [-0.15, -0.1) is 0 Å². The zero-order chi connectivity index (χ0) is 15.1. The van der Waals surface area contributed by atoms with Gasteiger partial charge in [0, 0.05) is 24.4 Å². The van der Waals surface area contributed by atoms with Crippen LogP contribution < -0.4 is 10.1 Å². The van der Waals surface area contributed by atoms with Crippen LogP contribution in [-0.2, 0) is 11.4 Å². The number of benzene rings is 1. The van der Waals surface area contributed by atoms with Crippen LogP contribution in [0.5, 0.6) is 5.75 Å². The van der Waals surface area contributed by atoms with Crippen molar-refractivity contribution in [2.24, 2.45) is 0 Å². The molecule has 0 bridgehead atoms. The number of pyridine rings is 1. The van der Waals surface area contributed by atoms with E-state index in [0.717, 1.165) is 16.9 Å². The van der Waals surface area contributed by atoms with E-state index in [1.165, 1.54) is 0 Å². The molecule has 21 heavy (non-hydrogen) atoms. The van der Waals surface area contributed by atoms with Crippen LogP contribution >= 0.6 is 0 Å². The minimum absolute atomic E-state index is 0.00447. The lowest BCUT2D eigenvalue weighted by Gasteiger charge is -2.14. The lowest BCUT2D eigenvalue weighted by molar-refractivity contribution is -0.121. The second-order valence-electron chi connectivity index (χ2n) is 4.86. The molecule has 1 aromatic carbocycles. The summed E-state index contributed by atoms with van der Waals surface area (Å²) in [5, 5.41) is 2.94. The molecule has 1 heterocycles. The molecule has 0 aliphatic rings. The first kappa shape index (κ1) is 15.0.